The Balaban J connectivity index is 1.72. The van der Waals surface area contributed by atoms with Crippen LogP contribution in [-0.2, 0) is 0 Å². The number of anilines is 1. The van der Waals surface area contributed by atoms with Crippen LogP contribution in [0.1, 0.15) is 13.8 Å². The topological polar surface area (TPSA) is 3.24 Å². The van der Waals surface area contributed by atoms with Crippen LogP contribution in [0.15, 0.2) is 73.5 Å². The number of hydrogen-bond acceptors (Lipinski definition) is 3. The number of para-hydroxylation sites is 1. The molecule has 1 fully saturated rings. The second-order valence-corrected chi connectivity index (χ2v) is 11.3. The molecule has 3 heterocycles. The van der Waals surface area contributed by atoms with E-state index >= 15 is 0 Å². The van der Waals surface area contributed by atoms with Gasteiger partial charge in [0.25, 0.3) is 0 Å². The third kappa shape index (κ3) is 2.13. The van der Waals surface area contributed by atoms with Gasteiger partial charge in [-0.2, -0.15) is 0 Å². The van der Waals surface area contributed by atoms with Gasteiger partial charge < -0.3 is 4.90 Å². The molecule has 1 aromatic rings. The van der Waals surface area contributed by atoms with Crippen LogP contribution in [0.25, 0.3) is 0 Å². The fraction of sp³-hybridized carbons (Fsp3) is 0.300. The predicted molar refractivity (Wildman–Crippen MR) is 113 cm³/mol. The van der Waals surface area contributed by atoms with Crippen molar-refractivity contribution in [1.29, 1.82) is 0 Å². The summed E-state index contributed by atoms with van der Waals surface area (Å²) in [5.74, 6) is 0. The molecular weight excluding hydrogens is 389 g/mol. The lowest BCUT2D eigenvalue weighted by atomic mass is 9.72. The van der Waals surface area contributed by atoms with Crippen LogP contribution < -0.4 is 4.90 Å². The van der Waals surface area contributed by atoms with Gasteiger partial charge in [-0.15, -0.1) is 23.5 Å². The number of allylic oxidation sites excluding steroid dienone is 2. The number of rotatable bonds is 1. The van der Waals surface area contributed by atoms with Gasteiger partial charge in [0, 0.05) is 18.8 Å². The summed E-state index contributed by atoms with van der Waals surface area (Å²) < 4.78 is 1.60. The second-order valence-electron chi connectivity index (χ2n) is 7.14. The molecule has 3 aliphatic heterocycles. The van der Waals surface area contributed by atoms with Crippen molar-refractivity contribution in [1.82, 2.24) is 0 Å². The minimum Gasteiger partial charge on any atom is -0.363 e. The molecule has 2 atom stereocenters. The summed E-state index contributed by atoms with van der Waals surface area (Å²) in [6, 6.07) is 10.6. The van der Waals surface area contributed by atoms with Crippen molar-refractivity contribution in [2.45, 2.75) is 23.3 Å². The molecular formula is C20H17Cl2NS2. The molecule has 4 aliphatic rings. The van der Waals surface area contributed by atoms with Gasteiger partial charge in [0.1, 0.15) is 0 Å². The molecule has 1 nitrogen and oxygen atoms in total. The third-order valence-corrected chi connectivity index (χ3v) is 9.40. The fourth-order valence-corrected chi connectivity index (χ4v) is 8.19. The molecule has 0 aromatic heterocycles. The van der Waals surface area contributed by atoms with Crippen LogP contribution in [0.3, 0.4) is 0 Å². The van der Waals surface area contributed by atoms with E-state index in [1.165, 1.54) is 28.0 Å². The molecule has 0 unspecified atom stereocenters. The lowest BCUT2D eigenvalue weighted by Crippen LogP contribution is -2.47. The highest BCUT2D eigenvalue weighted by Crippen LogP contribution is 2.68. The average molecular weight is 406 g/mol. The number of thioether (sulfide) groups is 2. The Hall–Kier alpha value is -0.740. The van der Waals surface area contributed by atoms with Gasteiger partial charge >= 0.3 is 0 Å². The monoisotopic (exact) mass is 405 g/mol. The average Bonchev–Trinajstić information content (AvgIpc) is 3.22. The van der Waals surface area contributed by atoms with Gasteiger partial charge in [-0.25, -0.2) is 0 Å². The number of fused-ring (bicyclic) bond motifs is 4. The van der Waals surface area contributed by atoms with Crippen LogP contribution in [0.5, 0.6) is 0 Å². The van der Waals surface area contributed by atoms with E-state index in [9.17, 15) is 0 Å². The van der Waals surface area contributed by atoms with E-state index < -0.39 is 0 Å². The van der Waals surface area contributed by atoms with Crippen molar-refractivity contribution in [2.75, 3.05) is 18.0 Å². The van der Waals surface area contributed by atoms with Crippen molar-refractivity contribution in [2.24, 2.45) is 0 Å². The van der Waals surface area contributed by atoms with Crippen LogP contribution in [0.2, 0.25) is 0 Å². The van der Waals surface area contributed by atoms with E-state index in [1.807, 2.05) is 0 Å². The molecule has 0 radical (unpaired) electrons. The maximum absolute atomic E-state index is 6.51. The van der Waals surface area contributed by atoms with Gasteiger partial charge in [-0.05, 0) is 60.4 Å². The van der Waals surface area contributed by atoms with E-state index in [1.54, 1.807) is 23.5 Å². The fourth-order valence-electron chi connectivity index (χ4n) is 4.47. The first kappa shape index (κ1) is 16.4. The summed E-state index contributed by atoms with van der Waals surface area (Å²) in [6.07, 6.45) is 4.37. The normalized spacial score (nSPS) is 33.4. The predicted octanol–water partition coefficient (Wildman–Crippen LogP) is 6.28. The highest BCUT2D eigenvalue weighted by Gasteiger charge is 2.59. The Kier molecular flexibility index (Phi) is 3.54. The zero-order chi connectivity index (χ0) is 17.4. The van der Waals surface area contributed by atoms with Gasteiger partial charge in [0.15, 0.2) is 0 Å². The Morgan fingerprint density at radius 3 is 1.80 bits per heavy atom. The lowest BCUT2D eigenvalue weighted by Gasteiger charge is -2.46. The molecule has 0 bridgehead atoms. The Labute approximate surface area is 166 Å². The maximum atomic E-state index is 6.51. The molecule has 1 aromatic carbocycles. The van der Waals surface area contributed by atoms with E-state index in [0.717, 1.165) is 21.8 Å². The molecule has 0 amide bonds. The van der Waals surface area contributed by atoms with Crippen molar-refractivity contribution in [3.05, 3.63) is 73.5 Å². The first-order valence-corrected chi connectivity index (χ1v) is 10.7. The van der Waals surface area contributed by atoms with Crippen LogP contribution in [0, 0.1) is 0 Å². The summed E-state index contributed by atoms with van der Waals surface area (Å²) in [5, 5.41) is 0. The van der Waals surface area contributed by atoms with Crippen LogP contribution in [-0.4, -0.2) is 22.6 Å². The molecule has 128 valence electrons. The highest BCUT2D eigenvalue weighted by molar-refractivity contribution is 8.10. The standard InChI is InChI=1S/C20H17Cl2NS2/c1-19-15(8-17(21)24-19)13-10-23(12-6-4-3-5-7-12)11-14(13)16-9-18(22)25-20(16,19)2/h3-9H,10-11H2,1-2H3/t19-,20-/m1/s1. The minimum atomic E-state index is -0.0806. The summed E-state index contributed by atoms with van der Waals surface area (Å²) in [4.78, 5) is 2.45. The summed E-state index contributed by atoms with van der Waals surface area (Å²) in [6.45, 7) is 6.51. The largest absolute Gasteiger partial charge is 0.363 e. The number of benzene rings is 1. The zero-order valence-corrected chi connectivity index (χ0v) is 17.1. The van der Waals surface area contributed by atoms with Gasteiger partial charge in [-0.3, -0.25) is 0 Å². The molecule has 1 saturated heterocycles. The Morgan fingerprint density at radius 2 is 1.32 bits per heavy atom. The third-order valence-electron chi connectivity index (χ3n) is 5.89. The van der Waals surface area contributed by atoms with Gasteiger partial charge in [0.2, 0.25) is 0 Å². The quantitative estimate of drug-likeness (QED) is 0.540. The van der Waals surface area contributed by atoms with Crippen molar-refractivity contribution in [3.8, 4) is 0 Å². The van der Waals surface area contributed by atoms with Crippen molar-refractivity contribution < 1.29 is 0 Å². The minimum absolute atomic E-state index is 0.0806. The highest BCUT2D eigenvalue weighted by atomic mass is 35.5. The van der Waals surface area contributed by atoms with Crippen LogP contribution in [0.4, 0.5) is 5.69 Å². The SMILES string of the molecule is C[C@@]12SC(Cl)=CC1=C1CN(c3ccccc3)CC1=C1C=C(Cl)S[C@]12C. The van der Waals surface area contributed by atoms with Crippen molar-refractivity contribution in [3.63, 3.8) is 0 Å². The number of hydrogen-bond donors (Lipinski definition) is 0. The van der Waals surface area contributed by atoms with E-state index in [2.05, 4.69) is 61.2 Å². The zero-order valence-electron chi connectivity index (χ0n) is 14.0. The first-order chi connectivity index (χ1) is 11.9. The molecule has 5 rings (SSSR count). The number of halogens is 2. The molecule has 0 N–H and O–H groups in total. The first-order valence-electron chi connectivity index (χ1n) is 8.32. The maximum Gasteiger partial charge on any atom is 0.0747 e. The molecule has 5 heteroatoms. The lowest BCUT2D eigenvalue weighted by molar-refractivity contribution is 0.609. The number of nitrogens with zero attached hydrogens (tertiary/aromatic N) is 1. The Morgan fingerprint density at radius 1 is 0.840 bits per heavy atom. The summed E-state index contributed by atoms with van der Waals surface area (Å²) in [5.41, 5.74) is 6.90. The summed E-state index contributed by atoms with van der Waals surface area (Å²) in [7, 11) is 0. The second kappa shape index (κ2) is 5.39. The van der Waals surface area contributed by atoms with Crippen molar-refractivity contribution >= 4 is 52.4 Å². The molecule has 25 heavy (non-hydrogen) atoms. The summed E-state index contributed by atoms with van der Waals surface area (Å²) >= 11 is 16.6. The smallest absolute Gasteiger partial charge is 0.0747 e. The van der Waals surface area contributed by atoms with E-state index in [4.69, 9.17) is 23.2 Å². The van der Waals surface area contributed by atoms with E-state index in [-0.39, 0.29) is 9.49 Å². The molecule has 1 aliphatic carbocycles. The van der Waals surface area contributed by atoms with Gasteiger partial charge in [0.05, 0.1) is 18.2 Å². The molecule has 0 saturated carbocycles. The van der Waals surface area contributed by atoms with Crippen LogP contribution >= 0.6 is 46.7 Å². The molecule has 0 spiro atoms. The Bertz CT molecular complexity index is 859. The van der Waals surface area contributed by atoms with Gasteiger partial charge in [-0.1, -0.05) is 41.4 Å². The van der Waals surface area contributed by atoms with E-state index in [0.29, 0.717) is 0 Å².